The minimum atomic E-state index is -1.03. The zero-order valence-corrected chi connectivity index (χ0v) is 13.2. The van der Waals surface area contributed by atoms with E-state index in [9.17, 15) is 14.7 Å². The lowest BCUT2D eigenvalue weighted by Crippen LogP contribution is -2.52. The molecule has 1 N–H and O–H groups in total. The molecule has 0 unspecified atom stereocenters. The minimum absolute atomic E-state index is 0.0416. The maximum Gasteiger partial charge on any atom is 0.328 e. The summed E-state index contributed by atoms with van der Waals surface area (Å²) < 4.78 is 10.9. The first-order valence-corrected chi connectivity index (χ1v) is 7.89. The molecule has 0 aliphatic carbocycles. The zero-order chi connectivity index (χ0) is 16.9. The van der Waals surface area contributed by atoms with Gasteiger partial charge in [0.15, 0.2) is 6.04 Å². The molecule has 1 aromatic carbocycles. The third-order valence-electron chi connectivity index (χ3n) is 4.04. The second-order valence-corrected chi connectivity index (χ2v) is 5.65. The topological polar surface area (TPSA) is 80.0 Å². The molecular weight excluding hydrogens is 310 g/mol. The highest BCUT2D eigenvalue weighted by Gasteiger charge is 2.32. The van der Waals surface area contributed by atoms with Crippen LogP contribution in [-0.2, 0) is 20.7 Å². The fraction of sp³-hybridized carbons (Fsp3) is 0.333. The Morgan fingerprint density at radius 2 is 1.96 bits per heavy atom. The van der Waals surface area contributed by atoms with Gasteiger partial charge in [0.25, 0.3) is 0 Å². The Morgan fingerprint density at radius 3 is 2.71 bits per heavy atom. The third-order valence-corrected chi connectivity index (χ3v) is 4.04. The van der Waals surface area contributed by atoms with Gasteiger partial charge >= 0.3 is 5.97 Å². The van der Waals surface area contributed by atoms with E-state index in [0.29, 0.717) is 25.3 Å². The lowest BCUT2D eigenvalue weighted by atomic mass is 10.1. The summed E-state index contributed by atoms with van der Waals surface area (Å²) in [5, 5.41) is 9.18. The lowest BCUT2D eigenvalue weighted by molar-refractivity contribution is -0.158. The van der Waals surface area contributed by atoms with Crippen LogP contribution in [-0.4, -0.2) is 47.7 Å². The summed E-state index contributed by atoms with van der Waals surface area (Å²) in [6, 6.07) is 12.6. The standard InChI is InChI=1S/C18H19NO5/c20-17(19-10-11-23-12-15(19)18(21)22)9-7-14-6-8-16(24-14)13-4-2-1-3-5-13/h1-6,8,15H,7,9-12H2,(H,21,22)/t15-/m1/s1. The van der Waals surface area contributed by atoms with Gasteiger partial charge in [-0.15, -0.1) is 0 Å². The maximum absolute atomic E-state index is 12.3. The molecule has 0 spiro atoms. The van der Waals surface area contributed by atoms with Gasteiger partial charge in [0, 0.05) is 24.9 Å². The van der Waals surface area contributed by atoms with Crippen LogP contribution >= 0.6 is 0 Å². The van der Waals surface area contributed by atoms with Crippen LogP contribution in [0.25, 0.3) is 11.3 Å². The van der Waals surface area contributed by atoms with Gasteiger partial charge in [-0.25, -0.2) is 4.79 Å². The SMILES string of the molecule is O=C(O)[C@H]1COCCN1C(=O)CCc1ccc(-c2ccccc2)o1. The van der Waals surface area contributed by atoms with Crippen molar-refractivity contribution in [2.75, 3.05) is 19.8 Å². The Morgan fingerprint density at radius 1 is 1.17 bits per heavy atom. The average molecular weight is 329 g/mol. The van der Waals surface area contributed by atoms with Crippen molar-refractivity contribution >= 4 is 11.9 Å². The largest absolute Gasteiger partial charge is 0.480 e. The number of morpholine rings is 1. The Kier molecular flexibility index (Phi) is 4.96. The predicted octanol–water partition coefficient (Wildman–Crippen LogP) is 2.19. The smallest absolute Gasteiger partial charge is 0.328 e. The van der Waals surface area contributed by atoms with Crippen molar-refractivity contribution in [1.82, 2.24) is 4.90 Å². The van der Waals surface area contributed by atoms with E-state index in [0.717, 1.165) is 11.3 Å². The molecule has 24 heavy (non-hydrogen) atoms. The van der Waals surface area contributed by atoms with Crippen molar-refractivity contribution in [2.45, 2.75) is 18.9 Å². The first-order chi connectivity index (χ1) is 11.6. The molecule has 1 fully saturated rings. The summed E-state index contributed by atoms with van der Waals surface area (Å²) in [6.07, 6.45) is 0.654. The number of furan rings is 1. The molecule has 0 radical (unpaired) electrons. The van der Waals surface area contributed by atoms with E-state index in [-0.39, 0.29) is 18.9 Å². The van der Waals surface area contributed by atoms with E-state index in [1.165, 1.54) is 4.90 Å². The Labute approximate surface area is 139 Å². The van der Waals surface area contributed by atoms with Crippen molar-refractivity contribution in [3.05, 3.63) is 48.2 Å². The molecule has 0 bridgehead atoms. The molecule has 3 rings (SSSR count). The van der Waals surface area contributed by atoms with Crippen molar-refractivity contribution < 1.29 is 23.8 Å². The molecule has 0 saturated carbocycles. The maximum atomic E-state index is 12.3. The number of hydrogen-bond donors (Lipinski definition) is 1. The number of carbonyl (C=O) groups excluding carboxylic acids is 1. The highest BCUT2D eigenvalue weighted by Crippen LogP contribution is 2.22. The minimum Gasteiger partial charge on any atom is -0.480 e. The van der Waals surface area contributed by atoms with Gasteiger partial charge in [0.2, 0.25) is 5.91 Å². The molecule has 1 aliphatic rings. The van der Waals surface area contributed by atoms with Crippen LogP contribution in [0.1, 0.15) is 12.2 Å². The molecule has 2 heterocycles. The van der Waals surface area contributed by atoms with E-state index in [1.807, 2.05) is 42.5 Å². The number of carboxylic acid groups (broad SMARTS) is 1. The van der Waals surface area contributed by atoms with Crippen LogP contribution in [0.3, 0.4) is 0 Å². The van der Waals surface area contributed by atoms with E-state index < -0.39 is 12.0 Å². The van der Waals surface area contributed by atoms with Gasteiger partial charge in [0.1, 0.15) is 11.5 Å². The van der Waals surface area contributed by atoms with Gasteiger partial charge in [-0.3, -0.25) is 4.79 Å². The van der Waals surface area contributed by atoms with Crippen molar-refractivity contribution in [3.8, 4) is 11.3 Å². The molecule has 1 aliphatic heterocycles. The van der Waals surface area contributed by atoms with Crippen LogP contribution in [0.5, 0.6) is 0 Å². The summed E-state index contributed by atoms with van der Waals surface area (Å²) in [5.41, 5.74) is 0.981. The highest BCUT2D eigenvalue weighted by molar-refractivity contribution is 5.84. The van der Waals surface area contributed by atoms with Crippen LogP contribution < -0.4 is 0 Å². The van der Waals surface area contributed by atoms with Crippen molar-refractivity contribution in [3.63, 3.8) is 0 Å². The zero-order valence-electron chi connectivity index (χ0n) is 13.2. The van der Waals surface area contributed by atoms with Gasteiger partial charge in [0.05, 0.1) is 13.2 Å². The summed E-state index contributed by atoms with van der Waals surface area (Å²) >= 11 is 0. The summed E-state index contributed by atoms with van der Waals surface area (Å²) in [7, 11) is 0. The number of benzene rings is 1. The summed E-state index contributed by atoms with van der Waals surface area (Å²) in [4.78, 5) is 24.9. The number of ether oxygens (including phenoxy) is 1. The summed E-state index contributed by atoms with van der Waals surface area (Å²) in [5.74, 6) is 0.242. The van der Waals surface area contributed by atoms with Gasteiger partial charge in [-0.2, -0.15) is 0 Å². The van der Waals surface area contributed by atoms with E-state index in [4.69, 9.17) is 9.15 Å². The molecule has 2 aromatic rings. The Balaban J connectivity index is 1.60. The average Bonchev–Trinajstić information content (AvgIpc) is 3.09. The van der Waals surface area contributed by atoms with Crippen LogP contribution in [0.15, 0.2) is 46.9 Å². The molecule has 6 nitrogen and oxygen atoms in total. The number of aliphatic carboxylic acids is 1. The quantitative estimate of drug-likeness (QED) is 0.909. The normalized spacial score (nSPS) is 17.7. The van der Waals surface area contributed by atoms with Gasteiger partial charge in [-0.05, 0) is 12.1 Å². The van der Waals surface area contributed by atoms with E-state index >= 15 is 0 Å². The third kappa shape index (κ3) is 3.65. The fourth-order valence-corrected chi connectivity index (χ4v) is 2.75. The Bertz CT molecular complexity index is 709. The van der Waals surface area contributed by atoms with Gasteiger partial charge in [-0.1, -0.05) is 30.3 Å². The fourth-order valence-electron chi connectivity index (χ4n) is 2.75. The predicted molar refractivity (Wildman–Crippen MR) is 86.4 cm³/mol. The van der Waals surface area contributed by atoms with Crippen LogP contribution in [0.2, 0.25) is 0 Å². The Hall–Kier alpha value is -2.60. The molecule has 1 saturated heterocycles. The van der Waals surface area contributed by atoms with Crippen molar-refractivity contribution in [2.24, 2.45) is 0 Å². The monoisotopic (exact) mass is 329 g/mol. The van der Waals surface area contributed by atoms with Crippen LogP contribution in [0.4, 0.5) is 0 Å². The second kappa shape index (κ2) is 7.31. The molecule has 6 heteroatoms. The molecule has 1 amide bonds. The van der Waals surface area contributed by atoms with Crippen LogP contribution in [0, 0.1) is 0 Å². The van der Waals surface area contributed by atoms with Gasteiger partial charge < -0.3 is 19.2 Å². The summed E-state index contributed by atoms with van der Waals surface area (Å²) in [6.45, 7) is 0.720. The molecule has 1 aromatic heterocycles. The molecule has 1 atom stereocenters. The number of carboxylic acids is 1. The number of rotatable bonds is 5. The molecule has 126 valence electrons. The first-order valence-electron chi connectivity index (χ1n) is 7.89. The van der Waals surface area contributed by atoms with E-state index in [2.05, 4.69) is 0 Å². The highest BCUT2D eigenvalue weighted by atomic mass is 16.5. The van der Waals surface area contributed by atoms with E-state index in [1.54, 1.807) is 0 Å². The lowest BCUT2D eigenvalue weighted by Gasteiger charge is -2.32. The molecular formula is C18H19NO5. The second-order valence-electron chi connectivity index (χ2n) is 5.65. The first kappa shape index (κ1) is 16.3. The number of nitrogens with zero attached hydrogens (tertiary/aromatic N) is 1. The number of carbonyl (C=O) groups is 2. The number of hydrogen-bond acceptors (Lipinski definition) is 4. The number of aryl methyl sites for hydroxylation is 1. The number of amides is 1. The van der Waals surface area contributed by atoms with Crippen molar-refractivity contribution in [1.29, 1.82) is 0 Å².